The summed E-state index contributed by atoms with van der Waals surface area (Å²) >= 11 is 0. The number of aromatic nitrogens is 5. The van der Waals surface area contributed by atoms with Crippen LogP contribution in [0.25, 0.3) is 22.3 Å². The van der Waals surface area contributed by atoms with E-state index in [1.807, 2.05) is 53.6 Å². The van der Waals surface area contributed by atoms with Crippen molar-refractivity contribution < 1.29 is 23.1 Å². The molecule has 3 aromatic heterocycles. The minimum absolute atomic E-state index is 0.0375. The van der Waals surface area contributed by atoms with Gasteiger partial charge < -0.3 is 24.0 Å². The molecule has 1 N–H and O–H groups in total. The second-order valence-electron chi connectivity index (χ2n) is 15.8. The fraction of sp³-hybridized carbons (Fsp3) is 0.452. The summed E-state index contributed by atoms with van der Waals surface area (Å²) in [5, 5.41) is 7.47. The topological polar surface area (TPSA) is 114 Å². The van der Waals surface area contributed by atoms with E-state index in [2.05, 4.69) is 22.2 Å². The molecule has 2 fully saturated rings. The Kier molecular flexibility index (Phi) is 10.5. The normalized spacial score (nSPS) is 18.6. The summed E-state index contributed by atoms with van der Waals surface area (Å²) in [4.78, 5) is 43.7. The van der Waals surface area contributed by atoms with Gasteiger partial charge in [0.1, 0.15) is 11.6 Å². The predicted molar refractivity (Wildman–Crippen MR) is 211 cm³/mol. The van der Waals surface area contributed by atoms with Gasteiger partial charge in [0.2, 0.25) is 11.8 Å². The Morgan fingerprint density at radius 2 is 1.77 bits per heavy atom. The molecule has 12 nitrogen and oxygen atoms in total. The fourth-order valence-corrected chi connectivity index (χ4v) is 8.37. The van der Waals surface area contributed by atoms with E-state index in [1.165, 1.54) is 12.1 Å². The maximum absolute atomic E-state index is 14.0. The van der Waals surface area contributed by atoms with Crippen molar-refractivity contribution in [3.63, 3.8) is 0 Å². The zero-order valence-corrected chi connectivity index (χ0v) is 32.5. The molecule has 0 unspecified atom stereocenters. The van der Waals surface area contributed by atoms with Gasteiger partial charge in [-0.25, -0.2) is 18.4 Å². The summed E-state index contributed by atoms with van der Waals surface area (Å²) in [6.07, 6.45) is 6.21. The van der Waals surface area contributed by atoms with Crippen LogP contribution in [0.1, 0.15) is 65.4 Å². The van der Waals surface area contributed by atoms with Crippen LogP contribution in [-0.4, -0.2) is 98.3 Å². The number of carbonyl (C=O) groups excluding carboxylic acids is 2. The monoisotopic (exact) mass is 765 g/mol. The first-order chi connectivity index (χ1) is 27.0. The number of pyridine rings is 1. The van der Waals surface area contributed by atoms with Crippen molar-refractivity contribution in [3.05, 3.63) is 83.2 Å². The number of nitrogens with one attached hydrogen (secondary N) is 1. The first-order valence-electron chi connectivity index (χ1n) is 19.6. The smallest absolute Gasteiger partial charge is 0.258 e. The van der Waals surface area contributed by atoms with Crippen molar-refractivity contribution in [2.45, 2.75) is 58.5 Å². The highest BCUT2D eigenvalue weighted by Crippen LogP contribution is 2.32. The number of halogens is 2. The maximum Gasteiger partial charge on any atom is 0.258 e. The van der Waals surface area contributed by atoms with Gasteiger partial charge >= 0.3 is 0 Å². The Morgan fingerprint density at radius 1 is 1.00 bits per heavy atom. The van der Waals surface area contributed by atoms with Crippen molar-refractivity contribution >= 4 is 34.5 Å². The molecule has 2 bridgehead atoms. The number of benzene rings is 2. The third-order valence-electron chi connectivity index (χ3n) is 11.6. The molecule has 6 heterocycles. The van der Waals surface area contributed by atoms with E-state index in [0.717, 1.165) is 82.0 Å². The van der Waals surface area contributed by atoms with Crippen LogP contribution in [0.15, 0.2) is 54.7 Å². The van der Waals surface area contributed by atoms with Crippen molar-refractivity contribution in [2.24, 2.45) is 18.9 Å². The molecule has 8 rings (SSSR count). The van der Waals surface area contributed by atoms with Gasteiger partial charge in [-0.2, -0.15) is 5.10 Å². The molecule has 3 aliphatic rings. The van der Waals surface area contributed by atoms with Gasteiger partial charge in [-0.3, -0.25) is 19.9 Å². The molecular weight excluding hydrogens is 717 g/mol. The molecular formula is C42H49F2N9O3. The summed E-state index contributed by atoms with van der Waals surface area (Å²) < 4.78 is 37.2. The third-order valence-corrected chi connectivity index (χ3v) is 11.6. The van der Waals surface area contributed by atoms with Crippen LogP contribution in [0.3, 0.4) is 0 Å². The zero-order valence-electron chi connectivity index (χ0n) is 32.5. The predicted octanol–water partition coefficient (Wildman–Crippen LogP) is 6.54. The highest BCUT2D eigenvalue weighted by molar-refractivity contribution is 6.05. The second kappa shape index (κ2) is 15.6. The zero-order chi connectivity index (χ0) is 39.1. The molecule has 0 spiro atoms. The molecule has 2 amide bonds. The summed E-state index contributed by atoms with van der Waals surface area (Å²) in [7, 11) is 3.73. The van der Waals surface area contributed by atoms with Gasteiger partial charge in [-0.15, -0.1) is 0 Å². The van der Waals surface area contributed by atoms with Crippen LogP contribution in [0.5, 0.6) is 5.88 Å². The largest absolute Gasteiger partial charge is 0.477 e. The Balaban J connectivity index is 0.933. The number of carbonyl (C=O) groups is 2. The van der Waals surface area contributed by atoms with Gasteiger partial charge in [0.05, 0.1) is 35.1 Å². The van der Waals surface area contributed by atoms with Crippen LogP contribution in [0, 0.1) is 30.4 Å². The van der Waals surface area contributed by atoms with Crippen LogP contribution in [0.2, 0.25) is 0 Å². The number of hydrogen-bond acceptors (Lipinski definition) is 8. The maximum atomic E-state index is 14.0. The Labute approximate surface area is 325 Å². The average Bonchev–Trinajstić information content (AvgIpc) is 3.69. The number of piperidine rings is 1. The highest BCUT2D eigenvalue weighted by atomic mass is 19.1. The molecule has 0 saturated carbocycles. The number of anilines is 2. The number of imidazole rings is 1. The number of rotatable bonds is 6. The molecule has 0 radical (unpaired) electrons. The Hall–Kier alpha value is -5.37. The Morgan fingerprint density at radius 3 is 2.54 bits per heavy atom. The van der Waals surface area contributed by atoms with Crippen LogP contribution < -0.4 is 15.0 Å². The van der Waals surface area contributed by atoms with E-state index in [0.29, 0.717) is 64.6 Å². The standard InChI is InChI=1S/C42H49F2N9O3/c1-26-6-5-15-56-41-35(22-45-50(41)4)37-17-30(16-27(2)46-37)39(54)48-42-47-36-8-7-29(18-38(36)53(42)23-26)40(55)49(3)33-10-13-51(14-11-33)12-9-28-24-52(25-28)34-20-31(43)19-32(44)21-34/h7-8,16-22,26,28,33H,5-6,9-15,23-25H2,1-4H3,(H,47,48,54)/t26-/m1/s1. The lowest BCUT2D eigenvalue weighted by Crippen LogP contribution is -2.49. The number of amides is 2. The van der Waals surface area contributed by atoms with Gasteiger partial charge in [0, 0.05) is 81.4 Å². The lowest BCUT2D eigenvalue weighted by Gasteiger charge is -2.43. The van der Waals surface area contributed by atoms with Crippen LogP contribution in [0.4, 0.5) is 20.4 Å². The minimum Gasteiger partial charge on any atom is -0.477 e. The first kappa shape index (κ1) is 37.5. The van der Waals surface area contributed by atoms with E-state index in [1.54, 1.807) is 23.0 Å². The minimum atomic E-state index is -0.546. The van der Waals surface area contributed by atoms with E-state index < -0.39 is 11.6 Å². The van der Waals surface area contributed by atoms with E-state index in [9.17, 15) is 18.4 Å². The van der Waals surface area contributed by atoms with Crippen molar-refractivity contribution in [2.75, 3.05) is 56.6 Å². The van der Waals surface area contributed by atoms with Crippen molar-refractivity contribution in [3.8, 4) is 17.1 Å². The fourth-order valence-electron chi connectivity index (χ4n) is 8.37. The molecule has 0 aliphatic carbocycles. The number of fused-ring (bicyclic) bond motifs is 7. The third kappa shape index (κ3) is 7.84. The molecule has 2 aromatic carbocycles. The number of likely N-dealkylation sites (tertiary alicyclic amines) is 1. The molecule has 5 aromatic rings. The molecule has 14 heteroatoms. The van der Waals surface area contributed by atoms with E-state index in [4.69, 9.17) is 14.7 Å². The summed E-state index contributed by atoms with van der Waals surface area (Å²) in [5.74, 6) is 0.334. The number of ether oxygens (including phenoxy) is 1. The molecule has 2 saturated heterocycles. The quantitative estimate of drug-likeness (QED) is 0.208. The summed E-state index contributed by atoms with van der Waals surface area (Å²) in [6.45, 7) is 9.53. The van der Waals surface area contributed by atoms with Gasteiger partial charge in [0.25, 0.3) is 11.8 Å². The molecule has 1 atom stereocenters. The summed E-state index contributed by atoms with van der Waals surface area (Å²) in [5.41, 5.74) is 5.16. The lowest BCUT2D eigenvalue weighted by molar-refractivity contribution is 0.0636. The van der Waals surface area contributed by atoms with Crippen molar-refractivity contribution in [1.29, 1.82) is 0 Å². The SMILES string of the molecule is Cc1cc2cc(n1)-c1cnn(C)c1OCCC[C@@H](C)Cn1c(nc3ccc(C(=O)N(C)C4CCN(CCC5CN(c6cc(F)cc(F)c6)C5)CC4)cc31)NC2=O. The number of hydrogen-bond donors (Lipinski definition) is 1. The number of aryl methyl sites for hydroxylation is 2. The van der Waals surface area contributed by atoms with Gasteiger partial charge in [0.15, 0.2) is 0 Å². The Bertz CT molecular complexity index is 2240. The van der Waals surface area contributed by atoms with Crippen LogP contribution >= 0.6 is 0 Å². The summed E-state index contributed by atoms with van der Waals surface area (Å²) in [6, 6.07) is 12.9. The molecule has 56 heavy (non-hydrogen) atoms. The first-order valence-corrected chi connectivity index (χ1v) is 19.6. The average molecular weight is 766 g/mol. The van der Waals surface area contributed by atoms with Crippen LogP contribution in [-0.2, 0) is 13.6 Å². The van der Waals surface area contributed by atoms with Gasteiger partial charge in [-0.1, -0.05) is 6.92 Å². The van der Waals surface area contributed by atoms with E-state index >= 15 is 0 Å². The lowest BCUT2D eigenvalue weighted by atomic mass is 9.94. The molecule has 3 aliphatic heterocycles. The molecule has 294 valence electrons. The second-order valence-corrected chi connectivity index (χ2v) is 15.8. The van der Waals surface area contributed by atoms with E-state index in [-0.39, 0.29) is 23.8 Å². The van der Waals surface area contributed by atoms with Gasteiger partial charge in [-0.05, 0) is 99.9 Å². The van der Waals surface area contributed by atoms with Crippen molar-refractivity contribution in [1.82, 2.24) is 34.1 Å². The number of nitrogens with zero attached hydrogens (tertiary/aromatic N) is 8. The highest BCUT2D eigenvalue weighted by Gasteiger charge is 2.31.